The first-order valence-electron chi connectivity index (χ1n) is 6.48. The van der Waals surface area contributed by atoms with Crippen molar-refractivity contribution < 1.29 is 28.3 Å². The first kappa shape index (κ1) is 17.5. The molecule has 1 aromatic rings. The number of furan rings is 1. The fraction of sp³-hybridized carbons (Fsp3) is 0.400. The molecule has 0 bridgehead atoms. The Morgan fingerprint density at radius 1 is 1.23 bits per heavy atom. The summed E-state index contributed by atoms with van der Waals surface area (Å²) in [5.74, 6) is -0.858. The van der Waals surface area contributed by atoms with Gasteiger partial charge in [-0.05, 0) is 32.9 Å². The number of hydrogen-bond donors (Lipinski definition) is 1. The van der Waals surface area contributed by atoms with Gasteiger partial charge in [0.15, 0.2) is 0 Å². The lowest BCUT2D eigenvalue weighted by atomic mass is 10.1. The molecule has 1 amide bonds. The number of nitrogens with one attached hydrogen (secondary N) is 1. The molecule has 1 N–H and O–H groups in total. The molecule has 0 saturated carbocycles. The zero-order chi connectivity index (χ0) is 16.9. The van der Waals surface area contributed by atoms with E-state index < -0.39 is 23.4 Å². The zero-order valence-corrected chi connectivity index (χ0v) is 13.2. The van der Waals surface area contributed by atoms with Crippen molar-refractivity contribution in [1.29, 1.82) is 0 Å². The van der Waals surface area contributed by atoms with Crippen molar-refractivity contribution in [3.05, 3.63) is 29.2 Å². The molecule has 7 nitrogen and oxygen atoms in total. The third-order valence-corrected chi connectivity index (χ3v) is 2.87. The van der Waals surface area contributed by atoms with Gasteiger partial charge < -0.3 is 19.2 Å². The van der Waals surface area contributed by atoms with E-state index in [1.165, 1.54) is 46.3 Å². The Morgan fingerprint density at radius 2 is 1.86 bits per heavy atom. The van der Waals surface area contributed by atoms with Crippen LogP contribution in [0.4, 0.5) is 0 Å². The Bertz CT molecular complexity index is 612. The minimum Gasteiger partial charge on any atom is -0.467 e. The van der Waals surface area contributed by atoms with Gasteiger partial charge in [0.25, 0.3) is 0 Å². The number of ether oxygens (including phenoxy) is 2. The van der Waals surface area contributed by atoms with Crippen LogP contribution in [0.3, 0.4) is 0 Å². The van der Waals surface area contributed by atoms with Gasteiger partial charge in [-0.25, -0.2) is 9.59 Å². The normalized spacial score (nSPS) is 11.3. The topological polar surface area (TPSA) is 94.8 Å². The van der Waals surface area contributed by atoms with E-state index in [4.69, 9.17) is 4.42 Å². The first-order chi connectivity index (χ1) is 10.2. The number of amides is 1. The monoisotopic (exact) mass is 309 g/mol. The lowest BCUT2D eigenvalue weighted by Crippen LogP contribution is -2.49. The highest BCUT2D eigenvalue weighted by atomic mass is 16.5. The minimum atomic E-state index is -1.15. The smallest absolute Gasteiger partial charge is 0.341 e. The van der Waals surface area contributed by atoms with E-state index in [-0.39, 0.29) is 5.56 Å². The van der Waals surface area contributed by atoms with Crippen molar-refractivity contribution in [2.24, 2.45) is 0 Å². The van der Waals surface area contributed by atoms with Crippen molar-refractivity contribution in [3.63, 3.8) is 0 Å². The molecule has 0 fully saturated rings. The Kier molecular flexibility index (Phi) is 5.50. The van der Waals surface area contributed by atoms with Crippen LogP contribution in [-0.2, 0) is 19.1 Å². The van der Waals surface area contributed by atoms with Gasteiger partial charge in [-0.15, -0.1) is 0 Å². The van der Waals surface area contributed by atoms with Crippen molar-refractivity contribution in [2.45, 2.75) is 26.3 Å². The molecule has 0 unspecified atom stereocenters. The molecule has 120 valence electrons. The number of aryl methyl sites for hydroxylation is 1. The van der Waals surface area contributed by atoms with Crippen LogP contribution in [0.25, 0.3) is 6.08 Å². The van der Waals surface area contributed by atoms with E-state index in [1.807, 2.05) is 0 Å². The second-order valence-electron chi connectivity index (χ2n) is 5.05. The molecule has 0 spiro atoms. The van der Waals surface area contributed by atoms with Crippen molar-refractivity contribution in [1.82, 2.24) is 5.32 Å². The molecule has 0 aliphatic heterocycles. The summed E-state index contributed by atoms with van der Waals surface area (Å²) in [6.07, 6.45) is 2.59. The van der Waals surface area contributed by atoms with Crippen LogP contribution < -0.4 is 5.32 Å². The van der Waals surface area contributed by atoms with Gasteiger partial charge in [0.2, 0.25) is 5.91 Å². The molecule has 1 aromatic heterocycles. The van der Waals surface area contributed by atoms with E-state index in [2.05, 4.69) is 14.8 Å². The summed E-state index contributed by atoms with van der Waals surface area (Å²) in [5, 5.41) is 2.50. The zero-order valence-electron chi connectivity index (χ0n) is 13.2. The molecule has 0 saturated heterocycles. The van der Waals surface area contributed by atoms with Gasteiger partial charge in [-0.2, -0.15) is 0 Å². The maximum atomic E-state index is 11.8. The lowest BCUT2D eigenvalue weighted by molar-refractivity contribution is -0.148. The Hall–Kier alpha value is -2.57. The molecule has 0 aliphatic rings. The van der Waals surface area contributed by atoms with Gasteiger partial charge in [0, 0.05) is 6.08 Å². The van der Waals surface area contributed by atoms with Gasteiger partial charge in [0.1, 0.15) is 22.6 Å². The second-order valence-corrected chi connectivity index (χ2v) is 5.05. The number of carbonyl (C=O) groups excluding carboxylic acids is 3. The second kappa shape index (κ2) is 6.93. The van der Waals surface area contributed by atoms with E-state index in [0.29, 0.717) is 11.5 Å². The molecule has 0 radical (unpaired) electrons. The fourth-order valence-electron chi connectivity index (χ4n) is 1.71. The van der Waals surface area contributed by atoms with Gasteiger partial charge >= 0.3 is 11.9 Å². The number of esters is 2. The van der Waals surface area contributed by atoms with Gasteiger partial charge in [0.05, 0.1) is 14.2 Å². The van der Waals surface area contributed by atoms with Crippen molar-refractivity contribution >= 4 is 23.9 Å². The molecule has 1 rings (SSSR count). The van der Waals surface area contributed by atoms with Crippen LogP contribution in [-0.4, -0.2) is 37.6 Å². The number of methoxy groups -OCH3 is 2. The summed E-state index contributed by atoms with van der Waals surface area (Å²) >= 11 is 0. The average molecular weight is 309 g/mol. The highest BCUT2D eigenvalue weighted by Crippen LogP contribution is 2.16. The van der Waals surface area contributed by atoms with E-state index >= 15 is 0 Å². The number of rotatable bonds is 5. The summed E-state index contributed by atoms with van der Waals surface area (Å²) in [4.78, 5) is 34.7. The minimum absolute atomic E-state index is 0.289. The maximum Gasteiger partial charge on any atom is 0.341 e. The molecule has 7 heteroatoms. The molecule has 0 aromatic carbocycles. The van der Waals surface area contributed by atoms with E-state index in [1.54, 1.807) is 6.92 Å². The third-order valence-electron chi connectivity index (χ3n) is 2.87. The van der Waals surface area contributed by atoms with Gasteiger partial charge in [-0.1, -0.05) is 0 Å². The predicted octanol–water partition coefficient (Wildman–Crippen LogP) is 1.46. The van der Waals surface area contributed by atoms with Crippen molar-refractivity contribution in [2.75, 3.05) is 14.2 Å². The predicted molar refractivity (Wildman–Crippen MR) is 78.1 cm³/mol. The van der Waals surface area contributed by atoms with Crippen LogP contribution in [0.15, 0.2) is 16.6 Å². The lowest BCUT2D eigenvalue weighted by Gasteiger charge is -2.21. The highest BCUT2D eigenvalue weighted by molar-refractivity contribution is 5.96. The quantitative estimate of drug-likeness (QED) is 0.653. The van der Waals surface area contributed by atoms with Crippen LogP contribution in [0.5, 0.6) is 0 Å². The molecule has 1 heterocycles. The molecule has 22 heavy (non-hydrogen) atoms. The number of hydrogen-bond acceptors (Lipinski definition) is 6. The summed E-state index contributed by atoms with van der Waals surface area (Å²) in [6, 6.07) is 1.47. The third kappa shape index (κ3) is 4.21. The first-order valence-corrected chi connectivity index (χ1v) is 6.48. The van der Waals surface area contributed by atoms with Gasteiger partial charge in [-0.3, -0.25) is 4.79 Å². The van der Waals surface area contributed by atoms with Crippen LogP contribution >= 0.6 is 0 Å². The van der Waals surface area contributed by atoms with Crippen molar-refractivity contribution in [3.8, 4) is 0 Å². The summed E-state index contributed by atoms with van der Waals surface area (Å²) in [7, 11) is 2.51. The summed E-state index contributed by atoms with van der Waals surface area (Å²) in [5.41, 5.74) is -0.857. The molecular weight excluding hydrogens is 290 g/mol. The number of carbonyl (C=O) groups is 3. The molecule has 0 aliphatic carbocycles. The Balaban J connectivity index is 2.79. The molecule has 0 atom stereocenters. The largest absolute Gasteiger partial charge is 0.467 e. The summed E-state index contributed by atoms with van der Waals surface area (Å²) < 4.78 is 14.5. The maximum absolute atomic E-state index is 11.8. The Labute approximate surface area is 128 Å². The summed E-state index contributed by atoms with van der Waals surface area (Å²) in [6.45, 7) is 4.66. The Morgan fingerprint density at radius 3 is 2.41 bits per heavy atom. The van der Waals surface area contributed by atoms with Crippen LogP contribution in [0, 0.1) is 6.92 Å². The van der Waals surface area contributed by atoms with E-state index in [0.717, 1.165) is 0 Å². The molecular formula is C15H19NO6. The SMILES string of the molecule is COC(=O)c1cc(/C=C/C(=O)NC(C)(C)C(=O)OC)oc1C. The standard InChI is InChI=1S/C15H19NO6/c1-9-11(13(18)20-4)8-10(22-9)6-7-12(17)16-15(2,3)14(19)21-5/h6-8H,1-5H3,(H,16,17)/b7-6+. The van der Waals surface area contributed by atoms with E-state index in [9.17, 15) is 14.4 Å². The van der Waals surface area contributed by atoms with Crippen LogP contribution in [0.1, 0.15) is 35.7 Å². The fourth-order valence-corrected chi connectivity index (χ4v) is 1.71. The average Bonchev–Trinajstić information content (AvgIpc) is 2.84. The van der Waals surface area contributed by atoms with Crippen LogP contribution in [0.2, 0.25) is 0 Å². The highest BCUT2D eigenvalue weighted by Gasteiger charge is 2.29.